The van der Waals surface area contributed by atoms with Crippen LogP contribution in [0.1, 0.15) is 35.7 Å². The molecule has 3 N–H and O–H groups in total. The Bertz CT molecular complexity index is 342. The predicted octanol–water partition coefficient (Wildman–Crippen LogP) is 2.32. The molecular weight excluding hydrogens is 220 g/mol. The zero-order chi connectivity index (χ0) is 11.8. The summed E-state index contributed by atoms with van der Waals surface area (Å²) in [5, 5.41) is 0. The first-order valence-corrected chi connectivity index (χ1v) is 6.61. The summed E-state index contributed by atoms with van der Waals surface area (Å²) in [5.74, 6) is 6.93. The minimum Gasteiger partial charge on any atom is -0.290 e. The number of hydrazine groups is 1. The van der Waals surface area contributed by atoms with Gasteiger partial charge in [0.2, 0.25) is 0 Å². The lowest BCUT2D eigenvalue weighted by Crippen LogP contribution is -2.30. The van der Waals surface area contributed by atoms with Crippen molar-refractivity contribution in [3.8, 4) is 0 Å². The summed E-state index contributed by atoms with van der Waals surface area (Å²) in [4.78, 5) is 11.5. The fraction of sp³-hybridized carbons (Fsp3) is 0.417. The standard InChI is InChI=1S/C12H18N2OS/c1-2-3-8-16-9-10-6-4-5-7-11(10)12(15)14-13/h4-7H,2-3,8-9,13H2,1H3,(H,14,15). The molecule has 0 fully saturated rings. The number of nitrogens with one attached hydrogen (secondary N) is 1. The van der Waals surface area contributed by atoms with Crippen LogP contribution < -0.4 is 11.3 Å². The zero-order valence-corrected chi connectivity index (χ0v) is 10.3. The van der Waals surface area contributed by atoms with Gasteiger partial charge in [-0.2, -0.15) is 11.8 Å². The second-order valence-electron chi connectivity index (χ2n) is 3.54. The van der Waals surface area contributed by atoms with Gasteiger partial charge in [0.05, 0.1) is 0 Å². The maximum Gasteiger partial charge on any atom is 0.265 e. The maximum atomic E-state index is 11.5. The maximum absolute atomic E-state index is 11.5. The highest BCUT2D eigenvalue weighted by Gasteiger charge is 2.08. The third kappa shape index (κ3) is 3.87. The van der Waals surface area contributed by atoms with Crippen LogP contribution in [0.3, 0.4) is 0 Å². The number of rotatable bonds is 6. The Morgan fingerprint density at radius 1 is 1.44 bits per heavy atom. The molecule has 4 heteroatoms. The number of hydrogen-bond donors (Lipinski definition) is 2. The molecule has 0 heterocycles. The van der Waals surface area contributed by atoms with Gasteiger partial charge in [-0.1, -0.05) is 31.5 Å². The number of carbonyl (C=O) groups excluding carboxylic acids is 1. The molecule has 1 aromatic rings. The SMILES string of the molecule is CCCCSCc1ccccc1C(=O)NN. The fourth-order valence-corrected chi connectivity index (χ4v) is 2.48. The average molecular weight is 238 g/mol. The van der Waals surface area contributed by atoms with Crippen molar-refractivity contribution in [2.45, 2.75) is 25.5 Å². The molecule has 0 bridgehead atoms. The van der Waals surface area contributed by atoms with E-state index in [9.17, 15) is 4.79 Å². The van der Waals surface area contributed by atoms with Crippen molar-refractivity contribution in [3.63, 3.8) is 0 Å². The molecule has 0 unspecified atom stereocenters. The van der Waals surface area contributed by atoms with Gasteiger partial charge in [-0.3, -0.25) is 10.2 Å². The van der Waals surface area contributed by atoms with Crippen LogP contribution in [0.15, 0.2) is 24.3 Å². The number of carbonyl (C=O) groups is 1. The minimum absolute atomic E-state index is 0.216. The van der Waals surface area contributed by atoms with E-state index in [0.29, 0.717) is 5.56 Å². The van der Waals surface area contributed by atoms with E-state index in [1.807, 2.05) is 30.0 Å². The number of nitrogens with two attached hydrogens (primary N) is 1. The third-order valence-electron chi connectivity index (χ3n) is 2.29. The van der Waals surface area contributed by atoms with E-state index in [1.54, 1.807) is 6.07 Å². The summed E-state index contributed by atoms with van der Waals surface area (Å²) in [6.45, 7) is 2.18. The Kier molecular flexibility index (Phi) is 5.96. The van der Waals surface area contributed by atoms with Crippen molar-refractivity contribution in [2.24, 2.45) is 5.84 Å². The number of benzene rings is 1. The van der Waals surface area contributed by atoms with Crippen molar-refractivity contribution >= 4 is 17.7 Å². The van der Waals surface area contributed by atoms with E-state index >= 15 is 0 Å². The summed E-state index contributed by atoms with van der Waals surface area (Å²) >= 11 is 1.85. The van der Waals surface area contributed by atoms with E-state index in [-0.39, 0.29) is 5.91 Å². The molecule has 0 aliphatic rings. The first-order valence-electron chi connectivity index (χ1n) is 5.46. The second kappa shape index (κ2) is 7.30. The molecule has 0 radical (unpaired) electrons. The Morgan fingerprint density at radius 2 is 2.19 bits per heavy atom. The molecule has 0 spiro atoms. The molecule has 88 valence electrons. The number of hydrogen-bond acceptors (Lipinski definition) is 3. The Labute approximate surface area is 101 Å². The first-order chi connectivity index (χ1) is 7.79. The summed E-state index contributed by atoms with van der Waals surface area (Å²) in [5.41, 5.74) is 3.90. The Hall–Kier alpha value is -1.00. The third-order valence-corrected chi connectivity index (χ3v) is 3.39. The number of amides is 1. The molecule has 0 aliphatic heterocycles. The van der Waals surface area contributed by atoms with Crippen LogP contribution in [0.4, 0.5) is 0 Å². The quantitative estimate of drug-likeness (QED) is 0.346. The Morgan fingerprint density at radius 3 is 2.88 bits per heavy atom. The molecule has 1 amide bonds. The fourth-order valence-electron chi connectivity index (χ4n) is 1.37. The molecule has 0 saturated carbocycles. The summed E-state index contributed by atoms with van der Waals surface area (Å²) in [7, 11) is 0. The lowest BCUT2D eigenvalue weighted by molar-refractivity contribution is 0.0953. The van der Waals surface area contributed by atoms with E-state index in [1.165, 1.54) is 12.8 Å². The number of nitrogen functional groups attached to an aromatic ring is 1. The van der Waals surface area contributed by atoms with Crippen LogP contribution in [-0.4, -0.2) is 11.7 Å². The second-order valence-corrected chi connectivity index (χ2v) is 4.64. The van der Waals surface area contributed by atoms with Crippen LogP contribution in [0, 0.1) is 0 Å². The van der Waals surface area contributed by atoms with Crippen molar-refractivity contribution in [1.82, 2.24) is 5.43 Å². The van der Waals surface area contributed by atoms with E-state index in [4.69, 9.17) is 5.84 Å². The van der Waals surface area contributed by atoms with Gasteiger partial charge >= 0.3 is 0 Å². The zero-order valence-electron chi connectivity index (χ0n) is 9.53. The summed E-state index contributed by atoms with van der Waals surface area (Å²) in [6, 6.07) is 7.58. The van der Waals surface area contributed by atoms with Crippen LogP contribution in [0.2, 0.25) is 0 Å². The minimum atomic E-state index is -0.216. The lowest BCUT2D eigenvalue weighted by Gasteiger charge is -2.07. The van der Waals surface area contributed by atoms with Gasteiger partial charge < -0.3 is 0 Å². The molecule has 3 nitrogen and oxygen atoms in total. The number of thioether (sulfide) groups is 1. The normalized spacial score (nSPS) is 10.1. The van der Waals surface area contributed by atoms with Crippen molar-refractivity contribution in [3.05, 3.63) is 35.4 Å². The number of unbranched alkanes of at least 4 members (excludes halogenated alkanes) is 1. The average Bonchev–Trinajstić information content (AvgIpc) is 2.34. The van der Waals surface area contributed by atoms with Gasteiger partial charge in [0, 0.05) is 11.3 Å². The molecule has 0 aliphatic carbocycles. The van der Waals surface area contributed by atoms with Crippen molar-refractivity contribution in [2.75, 3.05) is 5.75 Å². The lowest BCUT2D eigenvalue weighted by atomic mass is 10.1. The molecule has 0 aromatic heterocycles. The van der Waals surface area contributed by atoms with E-state index in [2.05, 4.69) is 12.3 Å². The van der Waals surface area contributed by atoms with Crippen LogP contribution in [0.5, 0.6) is 0 Å². The van der Waals surface area contributed by atoms with Crippen LogP contribution >= 0.6 is 11.8 Å². The summed E-state index contributed by atoms with van der Waals surface area (Å²) < 4.78 is 0. The molecule has 16 heavy (non-hydrogen) atoms. The van der Waals surface area contributed by atoms with Gasteiger partial charge in [-0.05, 0) is 23.8 Å². The van der Waals surface area contributed by atoms with Gasteiger partial charge in [0.25, 0.3) is 5.91 Å². The van der Waals surface area contributed by atoms with Gasteiger partial charge in [0.1, 0.15) is 0 Å². The van der Waals surface area contributed by atoms with Gasteiger partial charge in [-0.15, -0.1) is 0 Å². The van der Waals surface area contributed by atoms with E-state index < -0.39 is 0 Å². The first kappa shape index (κ1) is 13.1. The molecule has 0 atom stereocenters. The van der Waals surface area contributed by atoms with E-state index in [0.717, 1.165) is 17.1 Å². The topological polar surface area (TPSA) is 55.1 Å². The largest absolute Gasteiger partial charge is 0.290 e. The molecule has 1 rings (SSSR count). The highest BCUT2D eigenvalue weighted by molar-refractivity contribution is 7.98. The van der Waals surface area contributed by atoms with Crippen LogP contribution in [-0.2, 0) is 5.75 Å². The monoisotopic (exact) mass is 238 g/mol. The smallest absolute Gasteiger partial charge is 0.265 e. The molecule has 0 saturated heterocycles. The van der Waals surface area contributed by atoms with Gasteiger partial charge in [-0.25, -0.2) is 5.84 Å². The highest BCUT2D eigenvalue weighted by Crippen LogP contribution is 2.17. The van der Waals surface area contributed by atoms with Gasteiger partial charge in [0.15, 0.2) is 0 Å². The van der Waals surface area contributed by atoms with Crippen molar-refractivity contribution < 1.29 is 4.79 Å². The molecule has 1 aromatic carbocycles. The highest BCUT2D eigenvalue weighted by atomic mass is 32.2. The van der Waals surface area contributed by atoms with Crippen LogP contribution in [0.25, 0.3) is 0 Å². The Balaban J connectivity index is 2.60. The summed E-state index contributed by atoms with van der Waals surface area (Å²) in [6.07, 6.45) is 2.42. The predicted molar refractivity (Wildman–Crippen MR) is 69.2 cm³/mol. The van der Waals surface area contributed by atoms with Crippen molar-refractivity contribution in [1.29, 1.82) is 0 Å². The molecular formula is C12H18N2OS.